The number of H-pyrrole nitrogens is 1. The highest BCUT2D eigenvalue weighted by atomic mass is 32.1. The van der Waals surface area contributed by atoms with Crippen LogP contribution in [0.4, 0.5) is 0 Å². The molecule has 2 aromatic rings. The number of hydrogen-bond acceptors (Lipinski definition) is 2. The van der Waals surface area contributed by atoms with E-state index in [0.717, 1.165) is 34.3 Å². The second-order valence-corrected chi connectivity index (χ2v) is 4.78. The minimum atomic E-state index is 0.790. The molecule has 0 saturated heterocycles. The normalized spacial score (nSPS) is 24.6. The molecule has 2 heterocycles. The van der Waals surface area contributed by atoms with Crippen LogP contribution >= 0.6 is 12.2 Å². The standard InChI is InChI=1S/C11H13N3S/c1-7-5-8(7)6-14-10-9(13-11(14)15)3-2-4-12-10/h2-4,7-8H,5-6H2,1H3,(H,13,15). The molecule has 15 heavy (non-hydrogen) atoms. The van der Waals surface area contributed by atoms with Gasteiger partial charge in [-0.25, -0.2) is 4.98 Å². The highest BCUT2D eigenvalue weighted by Gasteiger charge is 2.33. The number of nitrogens with one attached hydrogen (secondary N) is 1. The number of nitrogens with zero attached hydrogens (tertiary/aromatic N) is 2. The van der Waals surface area contributed by atoms with Gasteiger partial charge in [-0.05, 0) is 42.6 Å². The Kier molecular flexibility index (Phi) is 1.92. The van der Waals surface area contributed by atoms with Gasteiger partial charge in [0.15, 0.2) is 10.4 Å². The molecule has 0 bridgehead atoms. The van der Waals surface area contributed by atoms with Crippen LogP contribution in [-0.2, 0) is 6.54 Å². The summed E-state index contributed by atoms with van der Waals surface area (Å²) in [6, 6.07) is 3.95. The number of imidazole rings is 1. The van der Waals surface area contributed by atoms with Crippen molar-refractivity contribution in [3.8, 4) is 0 Å². The molecule has 0 amide bonds. The molecule has 2 aromatic heterocycles. The summed E-state index contributed by atoms with van der Waals surface area (Å²) in [5.41, 5.74) is 2.03. The Morgan fingerprint density at radius 1 is 1.67 bits per heavy atom. The van der Waals surface area contributed by atoms with Gasteiger partial charge < -0.3 is 9.55 Å². The van der Waals surface area contributed by atoms with Gasteiger partial charge in [0, 0.05) is 12.7 Å². The van der Waals surface area contributed by atoms with Crippen LogP contribution in [0.5, 0.6) is 0 Å². The third-order valence-corrected chi connectivity index (χ3v) is 3.54. The van der Waals surface area contributed by atoms with E-state index in [2.05, 4.69) is 21.5 Å². The van der Waals surface area contributed by atoms with Crippen LogP contribution in [0.25, 0.3) is 11.2 Å². The van der Waals surface area contributed by atoms with E-state index >= 15 is 0 Å². The quantitative estimate of drug-likeness (QED) is 0.788. The van der Waals surface area contributed by atoms with Gasteiger partial charge in [-0.2, -0.15) is 0 Å². The molecule has 0 aliphatic heterocycles. The highest BCUT2D eigenvalue weighted by Crippen LogP contribution is 2.39. The van der Waals surface area contributed by atoms with Gasteiger partial charge in [0.05, 0.1) is 5.52 Å². The van der Waals surface area contributed by atoms with Crippen LogP contribution in [0.1, 0.15) is 13.3 Å². The summed E-state index contributed by atoms with van der Waals surface area (Å²) in [5, 5.41) is 0. The first-order chi connectivity index (χ1) is 7.25. The Balaban J connectivity index is 2.08. The molecule has 0 spiro atoms. The Morgan fingerprint density at radius 2 is 2.47 bits per heavy atom. The Bertz CT molecular complexity index is 554. The molecule has 2 unspecified atom stereocenters. The minimum absolute atomic E-state index is 0.790. The Hall–Kier alpha value is -1.16. The fourth-order valence-corrected chi connectivity index (χ4v) is 2.32. The maximum atomic E-state index is 5.31. The molecule has 1 fully saturated rings. The van der Waals surface area contributed by atoms with Crippen molar-refractivity contribution in [1.29, 1.82) is 0 Å². The van der Waals surface area contributed by atoms with E-state index in [1.165, 1.54) is 6.42 Å². The summed E-state index contributed by atoms with van der Waals surface area (Å²) in [4.78, 5) is 7.56. The minimum Gasteiger partial charge on any atom is -0.329 e. The predicted octanol–water partition coefficient (Wildman–Crippen LogP) is 2.75. The van der Waals surface area contributed by atoms with Crippen LogP contribution < -0.4 is 0 Å². The van der Waals surface area contributed by atoms with Crippen molar-refractivity contribution in [1.82, 2.24) is 14.5 Å². The van der Waals surface area contributed by atoms with Crippen molar-refractivity contribution in [3.05, 3.63) is 23.1 Å². The van der Waals surface area contributed by atoms with E-state index in [9.17, 15) is 0 Å². The fraction of sp³-hybridized carbons (Fsp3) is 0.455. The van der Waals surface area contributed by atoms with E-state index in [-0.39, 0.29) is 0 Å². The lowest BCUT2D eigenvalue weighted by atomic mass is 10.3. The number of aromatic nitrogens is 3. The second-order valence-electron chi connectivity index (χ2n) is 4.39. The third kappa shape index (κ3) is 1.49. The van der Waals surface area contributed by atoms with Gasteiger partial charge in [0.2, 0.25) is 0 Å². The van der Waals surface area contributed by atoms with Gasteiger partial charge in [0.25, 0.3) is 0 Å². The SMILES string of the molecule is CC1CC1Cn1c(=S)[nH]c2cccnc21. The molecule has 1 aliphatic rings. The molecule has 4 heteroatoms. The summed E-state index contributed by atoms with van der Waals surface area (Å²) < 4.78 is 2.92. The maximum absolute atomic E-state index is 5.31. The van der Waals surface area contributed by atoms with Crippen molar-refractivity contribution >= 4 is 23.4 Å². The molecule has 3 nitrogen and oxygen atoms in total. The lowest BCUT2D eigenvalue weighted by Gasteiger charge is -2.01. The first-order valence-corrected chi connectivity index (χ1v) is 5.70. The summed E-state index contributed by atoms with van der Waals surface area (Å²) in [6.07, 6.45) is 3.14. The number of hydrogen-bond donors (Lipinski definition) is 1. The summed E-state index contributed by atoms with van der Waals surface area (Å²) in [6.45, 7) is 3.30. The van der Waals surface area contributed by atoms with E-state index in [1.54, 1.807) is 0 Å². The molecule has 1 aliphatic carbocycles. The van der Waals surface area contributed by atoms with Gasteiger partial charge in [-0.3, -0.25) is 0 Å². The van der Waals surface area contributed by atoms with Crippen LogP contribution in [0.15, 0.2) is 18.3 Å². The first-order valence-electron chi connectivity index (χ1n) is 5.29. The number of pyridine rings is 1. The zero-order chi connectivity index (χ0) is 10.4. The average molecular weight is 219 g/mol. The lowest BCUT2D eigenvalue weighted by molar-refractivity contribution is 0.597. The lowest BCUT2D eigenvalue weighted by Crippen LogP contribution is -2.01. The van der Waals surface area contributed by atoms with Crippen molar-refractivity contribution in [2.75, 3.05) is 0 Å². The van der Waals surface area contributed by atoms with Gasteiger partial charge in [-0.1, -0.05) is 6.92 Å². The van der Waals surface area contributed by atoms with Gasteiger partial charge >= 0.3 is 0 Å². The molecule has 2 atom stereocenters. The van der Waals surface area contributed by atoms with Crippen LogP contribution in [0.2, 0.25) is 0 Å². The molecule has 1 N–H and O–H groups in total. The monoisotopic (exact) mass is 219 g/mol. The predicted molar refractivity (Wildman–Crippen MR) is 62.2 cm³/mol. The molecule has 78 valence electrons. The summed E-state index contributed by atoms with van der Waals surface area (Å²) >= 11 is 5.31. The molecule has 0 aromatic carbocycles. The Labute approximate surface area is 93.1 Å². The van der Waals surface area contributed by atoms with Crippen molar-refractivity contribution in [2.45, 2.75) is 19.9 Å². The topological polar surface area (TPSA) is 33.6 Å². The third-order valence-electron chi connectivity index (χ3n) is 3.22. The number of rotatable bonds is 2. The average Bonchev–Trinajstić information content (AvgIpc) is 2.82. The molecular formula is C11H13N3S. The number of aromatic amines is 1. The van der Waals surface area contributed by atoms with Crippen LogP contribution in [-0.4, -0.2) is 14.5 Å². The smallest absolute Gasteiger partial charge is 0.179 e. The maximum Gasteiger partial charge on any atom is 0.179 e. The zero-order valence-electron chi connectivity index (χ0n) is 8.60. The van der Waals surface area contributed by atoms with E-state index in [4.69, 9.17) is 12.2 Å². The molecule has 0 radical (unpaired) electrons. The molecule has 1 saturated carbocycles. The fourth-order valence-electron chi connectivity index (χ4n) is 2.05. The second kappa shape index (κ2) is 3.17. The molecular weight excluding hydrogens is 206 g/mol. The highest BCUT2D eigenvalue weighted by molar-refractivity contribution is 7.71. The molecule has 3 rings (SSSR count). The van der Waals surface area contributed by atoms with E-state index < -0.39 is 0 Å². The number of fused-ring (bicyclic) bond motifs is 1. The van der Waals surface area contributed by atoms with Gasteiger partial charge in [0.1, 0.15) is 0 Å². The van der Waals surface area contributed by atoms with Crippen molar-refractivity contribution < 1.29 is 0 Å². The van der Waals surface area contributed by atoms with E-state index in [0.29, 0.717) is 0 Å². The zero-order valence-corrected chi connectivity index (χ0v) is 9.42. The van der Waals surface area contributed by atoms with Gasteiger partial charge in [-0.15, -0.1) is 0 Å². The summed E-state index contributed by atoms with van der Waals surface area (Å²) in [5.74, 6) is 1.64. The first kappa shape index (κ1) is 9.09. The van der Waals surface area contributed by atoms with Crippen molar-refractivity contribution in [2.24, 2.45) is 11.8 Å². The Morgan fingerprint density at radius 3 is 3.20 bits per heavy atom. The van der Waals surface area contributed by atoms with Crippen LogP contribution in [0, 0.1) is 16.6 Å². The van der Waals surface area contributed by atoms with Crippen LogP contribution in [0.3, 0.4) is 0 Å². The summed E-state index contributed by atoms with van der Waals surface area (Å²) in [7, 11) is 0. The largest absolute Gasteiger partial charge is 0.329 e. The van der Waals surface area contributed by atoms with E-state index in [1.807, 2.05) is 18.3 Å². The van der Waals surface area contributed by atoms with Crippen molar-refractivity contribution in [3.63, 3.8) is 0 Å².